The fourth-order valence-corrected chi connectivity index (χ4v) is 4.95. The van der Waals surface area contributed by atoms with Crippen molar-refractivity contribution < 1.29 is 22.7 Å². The van der Waals surface area contributed by atoms with Crippen LogP contribution in [0.4, 0.5) is 5.95 Å². The molecule has 2 aromatic carbocycles. The first-order valence-corrected chi connectivity index (χ1v) is 11.6. The molecule has 11 heteroatoms. The largest absolute Gasteiger partial charge is 0.465 e. The molecule has 0 saturated carbocycles. The third-order valence-electron chi connectivity index (χ3n) is 4.66. The third-order valence-corrected chi connectivity index (χ3v) is 7.40. The number of benzene rings is 2. The van der Waals surface area contributed by atoms with Crippen molar-refractivity contribution in [3.63, 3.8) is 0 Å². The fraction of sp³-hybridized carbons (Fsp3) is 0.250. The number of aromatic nitrogens is 2. The number of hydrogen-bond acceptors (Lipinski definition) is 6. The molecule has 0 aliphatic heterocycles. The highest BCUT2D eigenvalue weighted by Gasteiger charge is 2.24. The highest BCUT2D eigenvalue weighted by atomic mass is 79.9. The third kappa shape index (κ3) is 4.63. The van der Waals surface area contributed by atoms with E-state index in [2.05, 4.69) is 31.2 Å². The molecule has 31 heavy (non-hydrogen) atoms. The Balaban J connectivity index is 1.90. The molecule has 2 N–H and O–H groups in total. The van der Waals surface area contributed by atoms with Gasteiger partial charge in [0.05, 0.1) is 34.2 Å². The number of carbonyl (C=O) groups excluding carboxylic acids is 2. The van der Waals surface area contributed by atoms with Gasteiger partial charge in [-0.2, -0.15) is 4.31 Å². The lowest BCUT2D eigenvalue weighted by Crippen LogP contribution is -2.30. The van der Waals surface area contributed by atoms with E-state index in [0.717, 1.165) is 0 Å². The predicted octanol–water partition coefficient (Wildman–Crippen LogP) is 3.39. The van der Waals surface area contributed by atoms with Crippen LogP contribution in [0, 0.1) is 0 Å². The quantitative estimate of drug-likeness (QED) is 0.471. The summed E-state index contributed by atoms with van der Waals surface area (Å²) in [7, 11) is -2.43. The maximum atomic E-state index is 12.8. The van der Waals surface area contributed by atoms with Gasteiger partial charge < -0.3 is 9.72 Å². The zero-order chi connectivity index (χ0) is 22.8. The Labute approximate surface area is 188 Å². The van der Waals surface area contributed by atoms with E-state index in [1.807, 2.05) is 0 Å². The molecule has 1 amide bonds. The second-order valence-corrected chi connectivity index (χ2v) is 9.29. The van der Waals surface area contributed by atoms with E-state index in [4.69, 9.17) is 4.74 Å². The number of sulfonamides is 1. The Hall–Kier alpha value is -2.76. The van der Waals surface area contributed by atoms with Crippen LogP contribution in [0.2, 0.25) is 0 Å². The SMILES string of the molecule is CCN(CC)S(=O)(=O)c1ccc(Br)c(C(=O)Nc2nc3ccc(C(=O)OC)cc3[nH]2)c1. The van der Waals surface area contributed by atoms with E-state index in [-0.39, 0.29) is 16.4 Å². The second kappa shape index (κ2) is 9.16. The van der Waals surface area contributed by atoms with Gasteiger partial charge in [-0.1, -0.05) is 13.8 Å². The molecule has 0 bridgehead atoms. The number of imidazole rings is 1. The minimum Gasteiger partial charge on any atom is -0.465 e. The van der Waals surface area contributed by atoms with Gasteiger partial charge in [-0.3, -0.25) is 10.1 Å². The first kappa shape index (κ1) is 22.9. The number of ether oxygens (including phenoxy) is 1. The molecular weight excluding hydrogens is 488 g/mol. The van der Waals surface area contributed by atoms with Gasteiger partial charge in [-0.25, -0.2) is 18.2 Å². The number of halogens is 1. The van der Waals surface area contributed by atoms with E-state index >= 15 is 0 Å². The van der Waals surface area contributed by atoms with E-state index in [1.165, 1.54) is 29.6 Å². The number of hydrogen-bond donors (Lipinski definition) is 2. The van der Waals surface area contributed by atoms with Crippen molar-refractivity contribution in [3.05, 3.63) is 52.0 Å². The van der Waals surface area contributed by atoms with Gasteiger partial charge in [0.2, 0.25) is 16.0 Å². The van der Waals surface area contributed by atoms with Crippen LogP contribution in [0.25, 0.3) is 11.0 Å². The highest BCUT2D eigenvalue weighted by molar-refractivity contribution is 9.10. The number of H-pyrrole nitrogens is 1. The maximum absolute atomic E-state index is 12.8. The summed E-state index contributed by atoms with van der Waals surface area (Å²) in [6.07, 6.45) is 0. The van der Waals surface area contributed by atoms with Crippen molar-refractivity contribution in [1.82, 2.24) is 14.3 Å². The lowest BCUT2D eigenvalue weighted by Gasteiger charge is -2.19. The lowest BCUT2D eigenvalue weighted by molar-refractivity contribution is 0.0600. The van der Waals surface area contributed by atoms with E-state index in [0.29, 0.717) is 34.2 Å². The lowest BCUT2D eigenvalue weighted by atomic mass is 10.2. The fourth-order valence-electron chi connectivity index (χ4n) is 3.04. The molecule has 164 valence electrons. The number of esters is 1. The summed E-state index contributed by atoms with van der Waals surface area (Å²) < 4.78 is 32.0. The minimum absolute atomic E-state index is 0.0249. The van der Waals surface area contributed by atoms with Crippen molar-refractivity contribution in [2.45, 2.75) is 18.7 Å². The Morgan fingerprint density at radius 1 is 1.16 bits per heavy atom. The second-order valence-electron chi connectivity index (χ2n) is 6.49. The van der Waals surface area contributed by atoms with Crippen molar-refractivity contribution in [2.75, 3.05) is 25.5 Å². The van der Waals surface area contributed by atoms with Crippen LogP contribution < -0.4 is 5.32 Å². The number of anilines is 1. The van der Waals surface area contributed by atoms with Crippen LogP contribution in [0.5, 0.6) is 0 Å². The number of fused-ring (bicyclic) bond motifs is 1. The van der Waals surface area contributed by atoms with Crippen molar-refractivity contribution in [2.24, 2.45) is 0 Å². The summed E-state index contributed by atoms with van der Waals surface area (Å²) in [6, 6.07) is 9.05. The van der Waals surface area contributed by atoms with Crippen molar-refractivity contribution in [1.29, 1.82) is 0 Å². The van der Waals surface area contributed by atoms with Gasteiger partial charge in [0.1, 0.15) is 0 Å². The average Bonchev–Trinajstić information content (AvgIpc) is 3.15. The van der Waals surface area contributed by atoms with Crippen LogP contribution >= 0.6 is 15.9 Å². The monoisotopic (exact) mass is 508 g/mol. The summed E-state index contributed by atoms with van der Waals surface area (Å²) in [6.45, 7) is 4.15. The Kier molecular flexibility index (Phi) is 6.77. The van der Waals surface area contributed by atoms with Gasteiger partial charge in [0, 0.05) is 17.6 Å². The van der Waals surface area contributed by atoms with E-state index in [1.54, 1.807) is 32.0 Å². The molecule has 3 aromatic rings. The standard InChI is InChI=1S/C20H21BrN4O5S/c1-4-25(5-2)31(28,29)13-7-8-15(21)14(11-13)18(26)24-20-22-16-9-6-12(19(27)30-3)10-17(16)23-20/h6-11H,4-5H2,1-3H3,(H2,22,23,24,26). The summed E-state index contributed by atoms with van der Waals surface area (Å²) in [5.74, 6) is -0.876. The Bertz CT molecular complexity index is 1250. The average molecular weight is 509 g/mol. The highest BCUT2D eigenvalue weighted by Crippen LogP contribution is 2.25. The van der Waals surface area contributed by atoms with E-state index in [9.17, 15) is 18.0 Å². The number of carbonyl (C=O) groups is 2. The summed E-state index contributed by atoms with van der Waals surface area (Å²) in [5, 5.41) is 2.63. The molecule has 0 fully saturated rings. The molecule has 1 heterocycles. The normalized spacial score (nSPS) is 11.6. The number of nitrogens with zero attached hydrogens (tertiary/aromatic N) is 2. The summed E-state index contributed by atoms with van der Waals surface area (Å²) >= 11 is 3.30. The van der Waals surface area contributed by atoms with Gasteiger partial charge in [-0.15, -0.1) is 0 Å². The van der Waals surface area contributed by atoms with Gasteiger partial charge >= 0.3 is 5.97 Å². The van der Waals surface area contributed by atoms with E-state index < -0.39 is 21.9 Å². The van der Waals surface area contributed by atoms with Crippen LogP contribution in [0.15, 0.2) is 45.8 Å². The summed E-state index contributed by atoms with van der Waals surface area (Å²) in [4.78, 5) is 31.7. The number of methoxy groups -OCH3 is 1. The topological polar surface area (TPSA) is 121 Å². The molecule has 0 radical (unpaired) electrons. The molecule has 0 aliphatic rings. The van der Waals surface area contributed by atoms with Crippen LogP contribution in [-0.2, 0) is 14.8 Å². The maximum Gasteiger partial charge on any atom is 0.337 e. The molecule has 0 unspecified atom stereocenters. The van der Waals surface area contributed by atoms with Crippen LogP contribution in [-0.4, -0.2) is 54.8 Å². The molecule has 0 aliphatic carbocycles. The minimum atomic E-state index is -3.72. The molecular formula is C20H21BrN4O5S. The van der Waals surface area contributed by atoms with Crippen molar-refractivity contribution in [3.8, 4) is 0 Å². The first-order valence-electron chi connectivity index (χ1n) is 9.40. The summed E-state index contributed by atoms with van der Waals surface area (Å²) in [5.41, 5.74) is 1.56. The molecule has 0 saturated heterocycles. The molecule has 0 atom stereocenters. The zero-order valence-corrected chi connectivity index (χ0v) is 19.5. The zero-order valence-electron chi connectivity index (χ0n) is 17.1. The number of amides is 1. The van der Waals surface area contributed by atoms with Crippen LogP contribution in [0.3, 0.4) is 0 Å². The van der Waals surface area contributed by atoms with Crippen LogP contribution in [0.1, 0.15) is 34.6 Å². The van der Waals surface area contributed by atoms with Crippen molar-refractivity contribution >= 4 is 54.8 Å². The Morgan fingerprint density at radius 3 is 2.52 bits per heavy atom. The van der Waals surface area contributed by atoms with Gasteiger partial charge in [0.15, 0.2) is 0 Å². The van der Waals surface area contributed by atoms with Gasteiger partial charge in [-0.05, 0) is 52.3 Å². The first-order chi connectivity index (χ1) is 14.7. The van der Waals surface area contributed by atoms with Gasteiger partial charge in [0.25, 0.3) is 5.91 Å². The Morgan fingerprint density at radius 2 is 1.87 bits per heavy atom. The number of aromatic amines is 1. The predicted molar refractivity (Wildman–Crippen MR) is 120 cm³/mol. The molecule has 3 rings (SSSR count). The molecule has 0 spiro atoms. The number of rotatable bonds is 7. The molecule has 9 nitrogen and oxygen atoms in total. The smallest absolute Gasteiger partial charge is 0.337 e. The molecule has 1 aromatic heterocycles. The number of nitrogens with one attached hydrogen (secondary N) is 2.